The summed E-state index contributed by atoms with van der Waals surface area (Å²) in [6, 6.07) is 19.1. The first kappa shape index (κ1) is 15.0. The summed E-state index contributed by atoms with van der Waals surface area (Å²) in [5, 5.41) is 0. The highest BCUT2D eigenvalue weighted by atomic mass is 79.9. The van der Waals surface area contributed by atoms with Gasteiger partial charge in [0, 0.05) is 11.0 Å². The molecule has 0 saturated carbocycles. The molecular formula is C18H20BrN. The topological polar surface area (TPSA) is 3.24 Å². The summed E-state index contributed by atoms with van der Waals surface area (Å²) in [7, 11) is 4.19. The molecule has 0 atom stereocenters. The average Bonchev–Trinajstić information content (AvgIpc) is 2.44. The second kappa shape index (κ2) is 7.41. The van der Waals surface area contributed by atoms with Gasteiger partial charge in [-0.15, -0.1) is 0 Å². The zero-order valence-electron chi connectivity index (χ0n) is 12.0. The molecule has 0 N–H and O–H groups in total. The number of benzene rings is 2. The third-order valence-corrected chi connectivity index (χ3v) is 3.62. The van der Waals surface area contributed by atoms with Gasteiger partial charge in [-0.1, -0.05) is 64.5 Å². The summed E-state index contributed by atoms with van der Waals surface area (Å²) in [6.07, 6.45) is 3.27. The van der Waals surface area contributed by atoms with Crippen LogP contribution >= 0.6 is 15.9 Å². The van der Waals surface area contributed by atoms with Gasteiger partial charge in [0.05, 0.1) is 0 Å². The van der Waals surface area contributed by atoms with E-state index >= 15 is 0 Å². The van der Waals surface area contributed by atoms with Gasteiger partial charge in [-0.3, -0.25) is 0 Å². The van der Waals surface area contributed by atoms with Crippen molar-refractivity contribution < 1.29 is 0 Å². The van der Waals surface area contributed by atoms with Crippen LogP contribution in [0.3, 0.4) is 0 Å². The molecule has 0 radical (unpaired) electrons. The lowest BCUT2D eigenvalue weighted by Gasteiger charge is -2.11. The van der Waals surface area contributed by atoms with E-state index in [2.05, 4.69) is 95.6 Å². The molecule has 2 heteroatoms. The van der Waals surface area contributed by atoms with Crippen molar-refractivity contribution in [1.29, 1.82) is 0 Å². The lowest BCUT2D eigenvalue weighted by atomic mass is 9.98. The monoisotopic (exact) mass is 329 g/mol. The first-order valence-electron chi connectivity index (χ1n) is 6.79. The minimum Gasteiger partial charge on any atom is -0.306 e. The summed E-state index contributed by atoms with van der Waals surface area (Å²) in [5.41, 5.74) is 4.00. The highest BCUT2D eigenvalue weighted by Crippen LogP contribution is 2.21. The normalized spacial score (nSPS) is 11.9. The smallest absolute Gasteiger partial charge is 0.0178 e. The maximum absolute atomic E-state index is 3.54. The number of hydrogen-bond donors (Lipinski definition) is 0. The fourth-order valence-electron chi connectivity index (χ4n) is 2.10. The van der Waals surface area contributed by atoms with Crippen LogP contribution in [-0.2, 0) is 6.42 Å². The van der Waals surface area contributed by atoms with Crippen molar-refractivity contribution in [3.63, 3.8) is 0 Å². The Morgan fingerprint density at radius 3 is 2.45 bits per heavy atom. The number of allylic oxidation sites excluding steroid dienone is 1. The van der Waals surface area contributed by atoms with Crippen molar-refractivity contribution in [2.45, 2.75) is 6.42 Å². The Kier molecular flexibility index (Phi) is 5.57. The lowest BCUT2D eigenvalue weighted by Crippen LogP contribution is -2.11. The van der Waals surface area contributed by atoms with Crippen LogP contribution in [0.15, 0.2) is 65.1 Å². The standard InChI is InChI=1S/C18H20BrN/c1-20(2)12-11-17(16-8-4-3-5-9-16)13-15-7-6-10-18(19)14-15/h3-11,14H,12-13H2,1-2H3. The second-order valence-corrected chi connectivity index (χ2v) is 6.08. The first-order chi connectivity index (χ1) is 9.65. The fourth-order valence-corrected chi connectivity index (χ4v) is 2.55. The van der Waals surface area contributed by atoms with Crippen molar-refractivity contribution in [2.75, 3.05) is 20.6 Å². The highest BCUT2D eigenvalue weighted by Gasteiger charge is 2.04. The van der Waals surface area contributed by atoms with Gasteiger partial charge >= 0.3 is 0 Å². The lowest BCUT2D eigenvalue weighted by molar-refractivity contribution is 0.456. The quantitative estimate of drug-likeness (QED) is 0.772. The van der Waals surface area contributed by atoms with Gasteiger partial charge in [-0.05, 0) is 49.3 Å². The molecule has 1 nitrogen and oxygen atoms in total. The molecular weight excluding hydrogens is 310 g/mol. The SMILES string of the molecule is CN(C)CC=C(Cc1cccc(Br)c1)c1ccccc1. The van der Waals surface area contributed by atoms with E-state index in [1.165, 1.54) is 16.7 Å². The molecule has 2 rings (SSSR count). The van der Waals surface area contributed by atoms with E-state index in [4.69, 9.17) is 0 Å². The van der Waals surface area contributed by atoms with Crippen molar-refractivity contribution in [3.05, 3.63) is 76.3 Å². The molecule has 0 heterocycles. The average molecular weight is 330 g/mol. The summed E-state index contributed by atoms with van der Waals surface area (Å²) in [4.78, 5) is 2.18. The summed E-state index contributed by atoms with van der Waals surface area (Å²) < 4.78 is 1.13. The van der Waals surface area contributed by atoms with Crippen LogP contribution in [-0.4, -0.2) is 25.5 Å². The Balaban J connectivity index is 2.25. The van der Waals surface area contributed by atoms with Gasteiger partial charge in [0.15, 0.2) is 0 Å². The van der Waals surface area contributed by atoms with E-state index in [-0.39, 0.29) is 0 Å². The Bertz CT molecular complexity index is 573. The van der Waals surface area contributed by atoms with E-state index in [0.717, 1.165) is 17.4 Å². The third-order valence-electron chi connectivity index (χ3n) is 3.13. The molecule has 0 amide bonds. The molecule has 104 valence electrons. The maximum atomic E-state index is 3.54. The van der Waals surface area contributed by atoms with Gasteiger partial charge in [0.1, 0.15) is 0 Å². The predicted octanol–water partition coefficient (Wildman–Crippen LogP) is 4.64. The number of nitrogens with zero attached hydrogens (tertiary/aromatic N) is 1. The number of hydrogen-bond acceptors (Lipinski definition) is 1. The van der Waals surface area contributed by atoms with Gasteiger partial charge < -0.3 is 4.90 Å². The predicted molar refractivity (Wildman–Crippen MR) is 90.8 cm³/mol. The van der Waals surface area contributed by atoms with Crippen LogP contribution in [0.5, 0.6) is 0 Å². The van der Waals surface area contributed by atoms with Crippen LogP contribution in [0.2, 0.25) is 0 Å². The van der Waals surface area contributed by atoms with Gasteiger partial charge in [0.2, 0.25) is 0 Å². The Labute approximate surface area is 130 Å². The minimum atomic E-state index is 0.956. The maximum Gasteiger partial charge on any atom is 0.0178 e. The van der Waals surface area contributed by atoms with Gasteiger partial charge in [-0.25, -0.2) is 0 Å². The molecule has 0 saturated heterocycles. The van der Waals surface area contributed by atoms with Crippen LogP contribution in [0.4, 0.5) is 0 Å². The number of likely N-dealkylation sites (N-methyl/N-ethyl adjacent to an activating group) is 1. The molecule has 20 heavy (non-hydrogen) atoms. The van der Waals surface area contributed by atoms with Crippen molar-refractivity contribution in [1.82, 2.24) is 4.90 Å². The largest absolute Gasteiger partial charge is 0.306 e. The number of halogens is 1. The zero-order valence-corrected chi connectivity index (χ0v) is 13.6. The van der Waals surface area contributed by atoms with Crippen LogP contribution in [0, 0.1) is 0 Å². The molecule has 0 aliphatic rings. The van der Waals surface area contributed by atoms with E-state index < -0.39 is 0 Å². The summed E-state index contributed by atoms with van der Waals surface area (Å²) in [5.74, 6) is 0. The molecule has 0 aliphatic carbocycles. The van der Waals surface area contributed by atoms with Crippen molar-refractivity contribution in [3.8, 4) is 0 Å². The van der Waals surface area contributed by atoms with Crippen LogP contribution in [0.1, 0.15) is 11.1 Å². The molecule has 0 bridgehead atoms. The molecule has 2 aromatic carbocycles. The van der Waals surface area contributed by atoms with Crippen molar-refractivity contribution in [2.24, 2.45) is 0 Å². The van der Waals surface area contributed by atoms with Crippen molar-refractivity contribution >= 4 is 21.5 Å². The molecule has 0 fully saturated rings. The van der Waals surface area contributed by atoms with Gasteiger partial charge in [-0.2, -0.15) is 0 Å². The molecule has 2 aromatic rings. The molecule has 0 spiro atoms. The highest BCUT2D eigenvalue weighted by molar-refractivity contribution is 9.10. The summed E-state index contributed by atoms with van der Waals surface area (Å²) >= 11 is 3.54. The summed E-state index contributed by atoms with van der Waals surface area (Å²) in [6.45, 7) is 0.957. The van der Waals surface area contributed by atoms with Crippen LogP contribution in [0.25, 0.3) is 5.57 Å². The Morgan fingerprint density at radius 2 is 1.80 bits per heavy atom. The van der Waals surface area contributed by atoms with E-state index in [1.54, 1.807) is 0 Å². The van der Waals surface area contributed by atoms with E-state index in [0.29, 0.717) is 0 Å². The fraction of sp³-hybridized carbons (Fsp3) is 0.222. The Morgan fingerprint density at radius 1 is 1.05 bits per heavy atom. The molecule has 0 unspecified atom stereocenters. The first-order valence-corrected chi connectivity index (χ1v) is 7.58. The van der Waals surface area contributed by atoms with E-state index in [9.17, 15) is 0 Å². The minimum absolute atomic E-state index is 0.956. The van der Waals surface area contributed by atoms with E-state index in [1.807, 2.05) is 0 Å². The third kappa shape index (κ3) is 4.62. The zero-order chi connectivity index (χ0) is 14.4. The molecule has 0 aromatic heterocycles. The number of rotatable bonds is 5. The molecule has 0 aliphatic heterocycles. The van der Waals surface area contributed by atoms with Crippen LogP contribution < -0.4 is 0 Å². The second-order valence-electron chi connectivity index (χ2n) is 5.16. The Hall–Kier alpha value is -1.38. The van der Waals surface area contributed by atoms with Gasteiger partial charge in [0.25, 0.3) is 0 Å².